The van der Waals surface area contributed by atoms with Crippen molar-refractivity contribution >= 4 is 0 Å². The fraction of sp³-hybridized carbons (Fsp3) is 0.636. The second-order valence-electron chi connectivity index (χ2n) is 3.52. The van der Waals surface area contributed by atoms with Crippen LogP contribution in [0.15, 0.2) is 24.8 Å². The third-order valence-corrected chi connectivity index (χ3v) is 1.98. The number of ether oxygens (including phenoxy) is 1. The molecule has 70 valence electrons. The molecule has 0 fully saturated rings. The van der Waals surface area contributed by atoms with E-state index in [1.807, 2.05) is 6.08 Å². The van der Waals surface area contributed by atoms with Crippen LogP contribution in [0.2, 0.25) is 0 Å². The Labute approximate surface area is 76.1 Å². The second kappa shape index (κ2) is 5.15. The Morgan fingerprint density at radius 3 is 2.42 bits per heavy atom. The average molecular weight is 168 g/mol. The van der Waals surface area contributed by atoms with Crippen molar-refractivity contribution in [2.24, 2.45) is 5.41 Å². The fourth-order valence-corrected chi connectivity index (χ4v) is 1.22. The Kier molecular flexibility index (Phi) is 4.91. The summed E-state index contributed by atoms with van der Waals surface area (Å²) in [6, 6.07) is 0. The third-order valence-electron chi connectivity index (χ3n) is 1.98. The summed E-state index contributed by atoms with van der Waals surface area (Å²) in [6.07, 6.45) is 7.36. The largest absolute Gasteiger partial charge is 0.377 e. The molecule has 1 atom stereocenters. The molecule has 0 aliphatic heterocycles. The third kappa shape index (κ3) is 3.22. The summed E-state index contributed by atoms with van der Waals surface area (Å²) < 4.78 is 5.29. The first-order valence-electron chi connectivity index (χ1n) is 4.41. The van der Waals surface area contributed by atoms with E-state index in [0.29, 0.717) is 0 Å². The molecule has 0 aliphatic carbocycles. The lowest BCUT2D eigenvalue weighted by atomic mass is 9.86. The Balaban J connectivity index is 4.34. The van der Waals surface area contributed by atoms with Gasteiger partial charge in [-0.1, -0.05) is 39.0 Å². The molecule has 1 unspecified atom stereocenters. The van der Waals surface area contributed by atoms with Gasteiger partial charge in [0.25, 0.3) is 0 Å². The molecule has 1 heteroatoms. The molecule has 0 spiro atoms. The monoisotopic (exact) mass is 168 g/mol. The molecule has 0 saturated heterocycles. The van der Waals surface area contributed by atoms with E-state index >= 15 is 0 Å². The second-order valence-corrected chi connectivity index (χ2v) is 3.52. The van der Waals surface area contributed by atoms with Crippen molar-refractivity contribution in [1.29, 1.82) is 0 Å². The highest BCUT2D eigenvalue weighted by Gasteiger charge is 2.23. The SMILES string of the molecule is C=CC(OC)C(C)(C)/C=C\CC. The van der Waals surface area contributed by atoms with Crippen LogP contribution in [0.4, 0.5) is 0 Å². The molecule has 0 N–H and O–H groups in total. The van der Waals surface area contributed by atoms with E-state index in [1.54, 1.807) is 7.11 Å². The molecule has 0 amide bonds. The molecular weight excluding hydrogens is 148 g/mol. The summed E-state index contributed by atoms with van der Waals surface area (Å²) in [5.41, 5.74) is 0.0481. The Hall–Kier alpha value is -0.560. The van der Waals surface area contributed by atoms with Gasteiger partial charge in [0.2, 0.25) is 0 Å². The predicted octanol–water partition coefficient (Wildman–Crippen LogP) is 3.18. The van der Waals surface area contributed by atoms with Crippen molar-refractivity contribution in [3.8, 4) is 0 Å². The Morgan fingerprint density at radius 1 is 1.50 bits per heavy atom. The van der Waals surface area contributed by atoms with Crippen LogP contribution in [0.1, 0.15) is 27.2 Å². The summed E-state index contributed by atoms with van der Waals surface area (Å²) >= 11 is 0. The van der Waals surface area contributed by atoms with Gasteiger partial charge in [-0.3, -0.25) is 0 Å². The van der Waals surface area contributed by atoms with Crippen molar-refractivity contribution in [2.45, 2.75) is 33.3 Å². The number of methoxy groups -OCH3 is 1. The Morgan fingerprint density at radius 2 is 2.08 bits per heavy atom. The highest BCUT2D eigenvalue weighted by atomic mass is 16.5. The first-order valence-corrected chi connectivity index (χ1v) is 4.41. The van der Waals surface area contributed by atoms with Gasteiger partial charge in [0.15, 0.2) is 0 Å². The van der Waals surface area contributed by atoms with Gasteiger partial charge in [0.05, 0.1) is 6.10 Å². The quantitative estimate of drug-likeness (QED) is 0.573. The summed E-state index contributed by atoms with van der Waals surface area (Å²) in [5.74, 6) is 0. The van der Waals surface area contributed by atoms with Crippen LogP contribution >= 0.6 is 0 Å². The van der Waals surface area contributed by atoms with Crippen LogP contribution in [0, 0.1) is 5.41 Å². The molecule has 0 saturated carbocycles. The molecule has 0 bridgehead atoms. The van der Waals surface area contributed by atoms with Crippen LogP contribution in [0.5, 0.6) is 0 Å². The van der Waals surface area contributed by atoms with E-state index in [-0.39, 0.29) is 11.5 Å². The lowest BCUT2D eigenvalue weighted by molar-refractivity contribution is 0.0690. The molecule has 0 aromatic rings. The smallest absolute Gasteiger partial charge is 0.0834 e. The van der Waals surface area contributed by atoms with Gasteiger partial charge >= 0.3 is 0 Å². The van der Waals surface area contributed by atoms with E-state index in [1.165, 1.54) is 0 Å². The maximum atomic E-state index is 5.29. The molecule has 12 heavy (non-hydrogen) atoms. The van der Waals surface area contributed by atoms with Crippen LogP contribution < -0.4 is 0 Å². The molecule has 0 heterocycles. The number of hydrogen-bond acceptors (Lipinski definition) is 1. The first-order chi connectivity index (χ1) is 5.58. The number of hydrogen-bond donors (Lipinski definition) is 0. The van der Waals surface area contributed by atoms with Crippen molar-refractivity contribution in [3.63, 3.8) is 0 Å². The van der Waals surface area contributed by atoms with Crippen LogP contribution in [-0.2, 0) is 4.74 Å². The lowest BCUT2D eigenvalue weighted by Gasteiger charge is -2.27. The van der Waals surface area contributed by atoms with Crippen molar-refractivity contribution in [3.05, 3.63) is 24.8 Å². The highest BCUT2D eigenvalue weighted by Crippen LogP contribution is 2.25. The standard InChI is InChI=1S/C11H20O/c1-6-8-9-11(3,4)10(7-2)12-5/h7-10H,2,6H2,1,3-5H3/b9-8-. The zero-order valence-electron chi connectivity index (χ0n) is 8.63. The number of rotatable bonds is 5. The molecule has 0 radical (unpaired) electrons. The normalized spacial score (nSPS) is 15.0. The summed E-state index contributed by atoms with van der Waals surface area (Å²) in [7, 11) is 1.72. The summed E-state index contributed by atoms with van der Waals surface area (Å²) in [6.45, 7) is 10.2. The predicted molar refractivity (Wildman–Crippen MR) is 54.2 cm³/mol. The topological polar surface area (TPSA) is 9.23 Å². The van der Waals surface area contributed by atoms with Gasteiger partial charge in [0, 0.05) is 12.5 Å². The first kappa shape index (κ1) is 11.4. The van der Waals surface area contributed by atoms with Gasteiger partial charge in [-0.25, -0.2) is 0 Å². The molecule has 0 aromatic carbocycles. The fourth-order valence-electron chi connectivity index (χ4n) is 1.22. The maximum absolute atomic E-state index is 5.29. The summed E-state index contributed by atoms with van der Waals surface area (Å²) in [4.78, 5) is 0. The Bertz CT molecular complexity index is 156. The van der Waals surface area contributed by atoms with Crippen LogP contribution in [0.3, 0.4) is 0 Å². The van der Waals surface area contributed by atoms with Crippen molar-refractivity contribution < 1.29 is 4.74 Å². The maximum Gasteiger partial charge on any atom is 0.0834 e. The van der Waals surface area contributed by atoms with E-state index in [0.717, 1.165) is 6.42 Å². The minimum Gasteiger partial charge on any atom is -0.377 e. The van der Waals surface area contributed by atoms with E-state index in [9.17, 15) is 0 Å². The van der Waals surface area contributed by atoms with E-state index in [2.05, 4.69) is 39.5 Å². The zero-order chi connectivity index (χ0) is 9.61. The minimum atomic E-state index is 0.0481. The van der Waals surface area contributed by atoms with E-state index in [4.69, 9.17) is 4.74 Å². The van der Waals surface area contributed by atoms with Gasteiger partial charge in [0.1, 0.15) is 0 Å². The van der Waals surface area contributed by atoms with E-state index < -0.39 is 0 Å². The average Bonchev–Trinajstić information content (AvgIpc) is 2.03. The van der Waals surface area contributed by atoms with Gasteiger partial charge in [-0.2, -0.15) is 0 Å². The molecule has 0 rings (SSSR count). The van der Waals surface area contributed by atoms with Crippen LogP contribution in [0.25, 0.3) is 0 Å². The van der Waals surface area contributed by atoms with Crippen molar-refractivity contribution in [1.82, 2.24) is 0 Å². The van der Waals surface area contributed by atoms with Crippen LogP contribution in [-0.4, -0.2) is 13.2 Å². The highest BCUT2D eigenvalue weighted by molar-refractivity contribution is 5.04. The van der Waals surface area contributed by atoms with Crippen molar-refractivity contribution in [2.75, 3.05) is 7.11 Å². The molecule has 0 aliphatic rings. The molecule has 0 aromatic heterocycles. The lowest BCUT2D eigenvalue weighted by Crippen LogP contribution is -2.27. The summed E-state index contributed by atoms with van der Waals surface area (Å²) in [5, 5.41) is 0. The molecule has 1 nitrogen and oxygen atoms in total. The number of allylic oxidation sites excluding steroid dienone is 1. The van der Waals surface area contributed by atoms with Gasteiger partial charge in [-0.05, 0) is 6.42 Å². The van der Waals surface area contributed by atoms with Gasteiger partial charge < -0.3 is 4.74 Å². The molecular formula is C11H20O. The minimum absolute atomic E-state index is 0.0481. The zero-order valence-corrected chi connectivity index (χ0v) is 8.63. The van der Waals surface area contributed by atoms with Gasteiger partial charge in [-0.15, -0.1) is 6.58 Å².